The predicted octanol–water partition coefficient (Wildman–Crippen LogP) is 4.60. The SMILES string of the molecule is C.C.C=CC(=O)CCCCCPI. The van der Waals surface area contributed by atoms with E-state index in [4.69, 9.17) is 0 Å². The molecule has 1 nitrogen and oxygen atoms in total. The summed E-state index contributed by atoms with van der Waals surface area (Å²) in [5.74, 6) is 0.182. The summed E-state index contributed by atoms with van der Waals surface area (Å²) in [6.45, 7) is 3.43. The standard InChI is InChI=1S/C8H14IOP.2CH4/c1-2-8(10)6-4-3-5-7-11-9;;/h2,11H,1,3-7H2;2*1H4. The number of hydrogen-bond acceptors (Lipinski definition) is 1. The Bertz CT molecular complexity index is 126. The number of hydrogen-bond donors (Lipinski definition) is 0. The average Bonchev–Trinajstić information content (AvgIpc) is 2.04. The summed E-state index contributed by atoms with van der Waals surface area (Å²) < 4.78 is 0. The maximum atomic E-state index is 10.7. The maximum absolute atomic E-state index is 10.7. The van der Waals surface area contributed by atoms with Gasteiger partial charge in [-0.05, 0) is 25.1 Å². The number of carbonyl (C=O) groups is 1. The van der Waals surface area contributed by atoms with Crippen molar-refractivity contribution in [2.45, 2.75) is 40.5 Å². The van der Waals surface area contributed by atoms with E-state index in [2.05, 4.69) is 28.6 Å². The Kier molecular flexibility index (Phi) is 22.2. The molecule has 13 heavy (non-hydrogen) atoms. The molecule has 1 atom stereocenters. The lowest BCUT2D eigenvalue weighted by molar-refractivity contribution is -0.114. The van der Waals surface area contributed by atoms with Crippen LogP contribution in [0.2, 0.25) is 0 Å². The lowest BCUT2D eigenvalue weighted by atomic mass is 10.1. The van der Waals surface area contributed by atoms with E-state index in [-0.39, 0.29) is 20.6 Å². The van der Waals surface area contributed by atoms with Gasteiger partial charge >= 0.3 is 0 Å². The Labute approximate surface area is 98.0 Å². The van der Waals surface area contributed by atoms with E-state index >= 15 is 0 Å². The molecule has 0 aliphatic rings. The van der Waals surface area contributed by atoms with Crippen LogP contribution in [-0.2, 0) is 4.79 Å². The molecule has 0 bridgehead atoms. The molecule has 0 spiro atoms. The van der Waals surface area contributed by atoms with Crippen molar-refractivity contribution >= 4 is 34.0 Å². The van der Waals surface area contributed by atoms with Crippen LogP contribution in [0.3, 0.4) is 0 Å². The molecule has 0 aliphatic heterocycles. The van der Waals surface area contributed by atoms with Gasteiger partial charge in [-0.1, -0.05) is 56.1 Å². The molecule has 0 aromatic carbocycles. The van der Waals surface area contributed by atoms with Gasteiger partial charge in [0.05, 0.1) is 0 Å². The average molecular weight is 316 g/mol. The molecule has 0 amide bonds. The Morgan fingerprint density at radius 3 is 2.38 bits per heavy atom. The first-order valence-corrected chi connectivity index (χ1v) is 8.12. The van der Waals surface area contributed by atoms with Gasteiger partial charge in [-0.2, -0.15) is 0 Å². The van der Waals surface area contributed by atoms with E-state index in [9.17, 15) is 4.79 Å². The van der Waals surface area contributed by atoms with Gasteiger partial charge in [0.1, 0.15) is 0 Å². The van der Waals surface area contributed by atoms with Crippen molar-refractivity contribution in [3.63, 3.8) is 0 Å². The molecule has 3 heteroatoms. The number of carbonyl (C=O) groups excluding carboxylic acids is 1. The van der Waals surface area contributed by atoms with Gasteiger partial charge in [-0.15, -0.1) is 0 Å². The Morgan fingerprint density at radius 2 is 1.92 bits per heavy atom. The molecule has 1 unspecified atom stereocenters. The molecule has 0 fully saturated rings. The zero-order valence-corrected chi connectivity index (χ0v) is 9.76. The van der Waals surface area contributed by atoms with Crippen molar-refractivity contribution in [3.05, 3.63) is 12.7 Å². The minimum atomic E-state index is 0. The molecule has 0 rings (SSSR count). The summed E-state index contributed by atoms with van der Waals surface area (Å²) in [4.78, 5) is 10.7. The van der Waals surface area contributed by atoms with Crippen LogP contribution in [0.5, 0.6) is 0 Å². The van der Waals surface area contributed by atoms with Gasteiger partial charge in [-0.25, -0.2) is 0 Å². The number of rotatable bonds is 7. The summed E-state index contributed by atoms with van der Waals surface area (Å²) in [7, 11) is 0. The molecule has 0 radical (unpaired) electrons. The van der Waals surface area contributed by atoms with Crippen LogP contribution in [0.4, 0.5) is 0 Å². The van der Waals surface area contributed by atoms with Crippen LogP contribution < -0.4 is 0 Å². The second-order valence-corrected chi connectivity index (χ2v) is 5.42. The highest BCUT2D eigenvalue weighted by molar-refractivity contribution is 14.2. The highest BCUT2D eigenvalue weighted by Gasteiger charge is 1.94. The van der Waals surface area contributed by atoms with Crippen LogP contribution in [-0.4, -0.2) is 11.9 Å². The third kappa shape index (κ3) is 15.3. The molecular formula is C10H22IOP. The largest absolute Gasteiger partial charge is 0.295 e. The second kappa shape index (κ2) is 15.1. The van der Waals surface area contributed by atoms with Crippen LogP contribution in [0.15, 0.2) is 12.7 Å². The van der Waals surface area contributed by atoms with E-state index in [0.29, 0.717) is 6.42 Å². The van der Waals surface area contributed by atoms with Gasteiger partial charge in [-0.3, -0.25) is 4.79 Å². The van der Waals surface area contributed by atoms with Crippen molar-refractivity contribution in [3.8, 4) is 0 Å². The van der Waals surface area contributed by atoms with Gasteiger partial charge in [0, 0.05) is 6.42 Å². The number of allylic oxidation sites excluding steroid dienone is 1. The molecular weight excluding hydrogens is 294 g/mol. The van der Waals surface area contributed by atoms with Crippen LogP contribution in [0.1, 0.15) is 40.5 Å². The van der Waals surface area contributed by atoms with E-state index in [1.54, 1.807) is 0 Å². The highest BCUT2D eigenvalue weighted by atomic mass is 127. The lowest BCUT2D eigenvalue weighted by Crippen LogP contribution is -1.91. The quantitative estimate of drug-likeness (QED) is 0.290. The van der Waals surface area contributed by atoms with Crippen molar-refractivity contribution in [2.75, 3.05) is 6.16 Å². The molecule has 0 aromatic rings. The number of halogens is 1. The molecule has 80 valence electrons. The van der Waals surface area contributed by atoms with Gasteiger partial charge in [0.2, 0.25) is 0 Å². The Hall–Kier alpha value is 0.570. The van der Waals surface area contributed by atoms with Crippen LogP contribution in [0, 0.1) is 0 Å². The summed E-state index contributed by atoms with van der Waals surface area (Å²) in [5, 5.41) is 0. The van der Waals surface area contributed by atoms with E-state index in [1.165, 1.54) is 25.1 Å². The molecule has 0 saturated carbocycles. The first-order valence-electron chi connectivity index (χ1n) is 3.80. The fraction of sp³-hybridized carbons (Fsp3) is 0.700. The van der Waals surface area contributed by atoms with E-state index in [0.717, 1.165) is 12.6 Å². The second-order valence-electron chi connectivity index (χ2n) is 2.36. The zero-order chi connectivity index (χ0) is 8.53. The van der Waals surface area contributed by atoms with Crippen molar-refractivity contribution in [1.82, 2.24) is 0 Å². The van der Waals surface area contributed by atoms with Crippen LogP contribution >= 0.6 is 28.3 Å². The fourth-order valence-corrected chi connectivity index (χ4v) is 2.30. The van der Waals surface area contributed by atoms with E-state index in [1.807, 2.05) is 0 Å². The van der Waals surface area contributed by atoms with Gasteiger partial charge in [0.25, 0.3) is 0 Å². The van der Waals surface area contributed by atoms with E-state index < -0.39 is 0 Å². The Balaban J connectivity index is -0.000000500. The van der Waals surface area contributed by atoms with Crippen molar-refractivity contribution in [1.29, 1.82) is 0 Å². The first-order chi connectivity index (χ1) is 5.31. The maximum Gasteiger partial charge on any atom is 0.155 e. The summed E-state index contributed by atoms with van der Waals surface area (Å²) in [6.07, 6.45) is 7.94. The number of unbranched alkanes of at least 4 members (excludes halogenated alkanes) is 2. The van der Waals surface area contributed by atoms with Gasteiger partial charge in [0.15, 0.2) is 5.78 Å². The topological polar surface area (TPSA) is 17.1 Å². The summed E-state index contributed by atoms with van der Waals surface area (Å²) in [5.41, 5.74) is 0. The fourth-order valence-electron chi connectivity index (χ4n) is 0.770. The van der Waals surface area contributed by atoms with Gasteiger partial charge < -0.3 is 0 Å². The zero-order valence-electron chi connectivity index (χ0n) is 6.61. The molecule has 0 heterocycles. The summed E-state index contributed by atoms with van der Waals surface area (Å²) >= 11 is 2.40. The molecule has 0 aliphatic carbocycles. The molecule has 0 N–H and O–H groups in total. The number of ketones is 1. The minimum Gasteiger partial charge on any atom is -0.295 e. The predicted molar refractivity (Wildman–Crippen MR) is 74.3 cm³/mol. The Morgan fingerprint density at radius 1 is 1.31 bits per heavy atom. The lowest BCUT2D eigenvalue weighted by Gasteiger charge is -1.95. The van der Waals surface area contributed by atoms with Crippen molar-refractivity contribution in [2.24, 2.45) is 0 Å². The first kappa shape index (κ1) is 19.2. The third-order valence-electron chi connectivity index (χ3n) is 1.42. The molecule has 0 aromatic heterocycles. The summed E-state index contributed by atoms with van der Waals surface area (Å²) in [6, 6.07) is 0. The van der Waals surface area contributed by atoms with Crippen molar-refractivity contribution < 1.29 is 4.79 Å². The highest BCUT2D eigenvalue weighted by Crippen LogP contribution is 2.22. The molecule has 0 saturated heterocycles. The minimum absolute atomic E-state index is 0. The monoisotopic (exact) mass is 316 g/mol. The smallest absolute Gasteiger partial charge is 0.155 e. The normalized spacial score (nSPS) is 9.00. The van der Waals surface area contributed by atoms with Crippen LogP contribution in [0.25, 0.3) is 0 Å². The third-order valence-corrected chi connectivity index (χ3v) is 3.58.